The lowest BCUT2D eigenvalue weighted by atomic mass is 9.77. The van der Waals surface area contributed by atoms with Crippen molar-refractivity contribution in [2.24, 2.45) is 5.41 Å². The maximum Gasteiger partial charge on any atom is 0.434 e. The predicted molar refractivity (Wildman–Crippen MR) is 234 cm³/mol. The smallest absolute Gasteiger partial charge is 0.434 e. The molecule has 8 rings (SSSR count). The van der Waals surface area contributed by atoms with Gasteiger partial charge in [0.05, 0.1) is 0 Å². The Morgan fingerprint density at radius 1 is 0.521 bits per heavy atom. The number of carbonyl (C=O) groups excluding carboxylic acids is 3. The number of hydrogen-bond donors (Lipinski definition) is 1. The van der Waals surface area contributed by atoms with Crippen LogP contribution in [0.1, 0.15) is 111 Å². The van der Waals surface area contributed by atoms with Crippen LogP contribution in [0.2, 0.25) is 10.6 Å². The van der Waals surface area contributed by atoms with Crippen molar-refractivity contribution >= 4 is 58.9 Å². The van der Waals surface area contributed by atoms with Crippen LogP contribution in [-0.4, -0.2) is 165 Å². The van der Waals surface area contributed by atoms with Gasteiger partial charge in [0.2, 0.25) is 10.6 Å². The zero-order valence-electron chi connectivity index (χ0n) is 38.8. The Morgan fingerprint density at radius 2 is 0.904 bits per heavy atom. The molecule has 16 nitrogen and oxygen atoms in total. The molecule has 0 bridgehead atoms. The molecular weight excluding hydrogens is 1050 g/mol. The van der Waals surface area contributed by atoms with Crippen molar-refractivity contribution in [1.82, 2.24) is 34.6 Å². The number of amides is 3. The maximum absolute atomic E-state index is 13.6. The summed E-state index contributed by atoms with van der Waals surface area (Å²) in [5.74, 6) is -0.476. The van der Waals surface area contributed by atoms with E-state index >= 15 is 0 Å². The summed E-state index contributed by atoms with van der Waals surface area (Å²) in [6, 6.07) is 0. The highest BCUT2D eigenvalue weighted by Crippen LogP contribution is 2.47. The zero-order chi connectivity index (χ0) is 53.7. The van der Waals surface area contributed by atoms with E-state index in [4.69, 9.17) is 28.3 Å². The molecule has 1 N–H and O–H groups in total. The first-order chi connectivity index (χ1) is 34.0. The highest BCUT2D eigenvalue weighted by atomic mass is 35.5. The molecule has 2 spiro atoms. The van der Waals surface area contributed by atoms with E-state index in [9.17, 15) is 71.9 Å². The molecule has 7 heterocycles. The van der Waals surface area contributed by atoms with Crippen LogP contribution in [0.25, 0.3) is 0 Å². The molecule has 0 aromatic carbocycles. The Morgan fingerprint density at radius 3 is 1.30 bits per heavy atom. The third-order valence-electron chi connectivity index (χ3n) is 13.9. The molecule has 6 fully saturated rings. The van der Waals surface area contributed by atoms with E-state index in [-0.39, 0.29) is 72.0 Å². The average Bonchev–Trinajstić information content (AvgIpc) is 4.16. The number of hydrogen-bond acceptors (Lipinski definition) is 12. The van der Waals surface area contributed by atoms with Gasteiger partial charge in [-0.25, -0.2) is 24.4 Å². The van der Waals surface area contributed by atoms with Gasteiger partial charge in [0.15, 0.2) is 0 Å². The van der Waals surface area contributed by atoms with Gasteiger partial charge in [-0.1, -0.05) is 12.8 Å². The van der Waals surface area contributed by atoms with E-state index in [1.165, 1.54) is 12.4 Å². The van der Waals surface area contributed by atoms with Gasteiger partial charge in [0.25, 0.3) is 18.1 Å². The van der Waals surface area contributed by atoms with Crippen LogP contribution in [-0.2, 0) is 9.47 Å². The molecule has 1 aliphatic carbocycles. The fraction of sp³-hybridized carbons (Fsp3) is 0.721. The van der Waals surface area contributed by atoms with Crippen LogP contribution in [0, 0.1) is 5.41 Å². The van der Waals surface area contributed by atoms with Crippen molar-refractivity contribution in [2.75, 3.05) is 68.7 Å². The lowest BCUT2D eigenvalue weighted by Gasteiger charge is -2.45. The van der Waals surface area contributed by atoms with Crippen LogP contribution < -0.4 is 9.80 Å². The Kier molecular flexibility index (Phi) is 17.9. The summed E-state index contributed by atoms with van der Waals surface area (Å²) in [6.45, 7) is 3.47. The Balaban J connectivity index is 0.000000198. The molecule has 3 amide bonds. The number of piperidine rings is 2. The monoisotopic (exact) mass is 1100 g/mol. The maximum atomic E-state index is 13.6. The molecule has 30 heteroatoms. The summed E-state index contributed by atoms with van der Waals surface area (Å²) in [4.78, 5) is 71.5. The van der Waals surface area contributed by atoms with Crippen molar-refractivity contribution in [2.45, 2.75) is 132 Å². The first-order valence-corrected chi connectivity index (χ1v) is 24.1. The van der Waals surface area contributed by atoms with Gasteiger partial charge in [-0.2, -0.15) is 62.7 Å². The zero-order valence-corrected chi connectivity index (χ0v) is 40.3. The topological polar surface area (TPSA) is 175 Å². The number of halogens is 14. The van der Waals surface area contributed by atoms with E-state index in [0.29, 0.717) is 57.0 Å². The minimum Gasteiger partial charge on any atom is -0.477 e. The van der Waals surface area contributed by atoms with Crippen LogP contribution in [0.4, 0.5) is 73.9 Å². The first-order valence-electron chi connectivity index (χ1n) is 23.3. The standard InChI is InChI=1S/C21H24ClF6N5O3.C13H17F6NO2.C9H10ClN3O2/c22-17-29-12-13(14(30-17)31-7-1-2-8-31)15(34)33-9-3-4-19(33)5-10-32(11-6-19)18(35)36-16(20(23,24)25)21(26,27)28;14-12(15,16)9(13(17,18)19)22-10(21)20-7-5-11(6-8-20)3-1-2-4-11;10-9-11-5-6(8(14)15)7(12-9)13-3-1-2-4-13/h12,16H,1-11H2;9H,1-8H2;5H,1-4H2,(H,14,15). The quantitative estimate of drug-likeness (QED) is 0.214. The van der Waals surface area contributed by atoms with Gasteiger partial charge in [-0.3, -0.25) is 4.79 Å². The minimum atomic E-state index is -5.78. The van der Waals surface area contributed by atoms with Crippen LogP contribution in [0.3, 0.4) is 0 Å². The highest BCUT2D eigenvalue weighted by molar-refractivity contribution is 6.28. The van der Waals surface area contributed by atoms with Crippen molar-refractivity contribution in [1.29, 1.82) is 0 Å². The third kappa shape index (κ3) is 14.2. The molecule has 73 heavy (non-hydrogen) atoms. The second-order valence-electron chi connectivity index (χ2n) is 18.6. The molecule has 0 radical (unpaired) electrons. The minimum absolute atomic E-state index is 0.00687. The first kappa shape index (κ1) is 57.3. The van der Waals surface area contributed by atoms with Crippen molar-refractivity contribution in [3.63, 3.8) is 0 Å². The van der Waals surface area contributed by atoms with E-state index in [1.807, 2.05) is 9.80 Å². The molecule has 5 aliphatic heterocycles. The number of aromatic carboxylic acids is 1. The fourth-order valence-electron chi connectivity index (χ4n) is 10.1. The number of nitrogens with zero attached hydrogens (tertiary/aromatic N) is 9. The van der Waals surface area contributed by atoms with Gasteiger partial charge in [0.1, 0.15) is 22.8 Å². The number of alkyl halides is 12. The number of carboxylic acids is 1. The Hall–Kier alpha value is -5.02. The normalized spacial score (nSPS) is 20.1. The van der Waals surface area contributed by atoms with E-state index < -0.39 is 60.6 Å². The van der Waals surface area contributed by atoms with Gasteiger partial charge < -0.3 is 39.1 Å². The summed E-state index contributed by atoms with van der Waals surface area (Å²) in [7, 11) is 0. The lowest BCUT2D eigenvalue weighted by molar-refractivity contribution is -0.309. The molecule has 2 aromatic rings. The van der Waals surface area contributed by atoms with Crippen LogP contribution in [0.5, 0.6) is 0 Å². The van der Waals surface area contributed by atoms with Crippen molar-refractivity contribution in [3.8, 4) is 0 Å². The average molecular weight is 1100 g/mol. The fourth-order valence-corrected chi connectivity index (χ4v) is 10.4. The second kappa shape index (κ2) is 22.8. The Bertz CT molecular complexity index is 2230. The Labute approximate surface area is 419 Å². The molecule has 408 valence electrons. The van der Waals surface area contributed by atoms with Crippen LogP contribution >= 0.6 is 23.2 Å². The summed E-state index contributed by atoms with van der Waals surface area (Å²) < 4.78 is 158. The number of anilines is 2. The van der Waals surface area contributed by atoms with Gasteiger partial charge in [0, 0.05) is 76.8 Å². The largest absolute Gasteiger partial charge is 0.477 e. The number of carbonyl (C=O) groups is 4. The number of carboxylic acid groups (broad SMARTS) is 1. The van der Waals surface area contributed by atoms with Gasteiger partial charge >= 0.3 is 42.9 Å². The lowest BCUT2D eigenvalue weighted by Crippen LogP contribution is -2.56. The summed E-state index contributed by atoms with van der Waals surface area (Å²) in [5.41, 5.74) is -0.197. The number of ether oxygens (including phenoxy) is 2. The SMILES string of the molecule is O=C(O)c1cnc(Cl)nc1N1CCCC1.O=C(OC(C(F)(F)F)C(F)(F)F)N1CCC2(CCCC2)CC1.O=C(OC(C(F)(F)F)C(F)(F)F)N1CCC2(CCCN2C(=O)c2cnc(Cl)nc2N2CCCC2)CC1. The highest BCUT2D eigenvalue weighted by Gasteiger charge is 2.61. The number of aromatic nitrogens is 4. The predicted octanol–water partition coefficient (Wildman–Crippen LogP) is 10.1. The molecule has 5 saturated heterocycles. The van der Waals surface area contributed by atoms with Gasteiger partial charge in [-0.15, -0.1) is 0 Å². The summed E-state index contributed by atoms with van der Waals surface area (Å²) >= 11 is 11.6. The molecular formula is C43H51Cl2F12N9O7. The van der Waals surface area contributed by atoms with E-state index in [1.54, 1.807) is 4.90 Å². The second-order valence-corrected chi connectivity index (χ2v) is 19.3. The third-order valence-corrected chi connectivity index (χ3v) is 14.3. The number of rotatable bonds is 6. The molecule has 6 aliphatic rings. The molecule has 0 unspecified atom stereocenters. The molecule has 2 aromatic heterocycles. The number of likely N-dealkylation sites (tertiary alicyclic amines) is 3. The van der Waals surface area contributed by atoms with Crippen LogP contribution in [0.15, 0.2) is 12.4 Å². The molecule has 0 atom stereocenters. The van der Waals surface area contributed by atoms with E-state index in [2.05, 4.69) is 29.4 Å². The summed E-state index contributed by atoms with van der Waals surface area (Å²) in [5, 5.41) is 9.06. The van der Waals surface area contributed by atoms with Crippen molar-refractivity contribution in [3.05, 3.63) is 34.1 Å². The van der Waals surface area contributed by atoms with E-state index in [0.717, 1.165) is 74.3 Å². The van der Waals surface area contributed by atoms with Gasteiger partial charge in [-0.05, 0) is 106 Å². The van der Waals surface area contributed by atoms with Crippen molar-refractivity contribution < 1.29 is 86.4 Å². The summed E-state index contributed by atoms with van der Waals surface area (Å²) in [6.07, 6.45) is -20.8. The molecule has 1 saturated carbocycles.